The number of aromatic amines is 1. The first-order valence-electron chi connectivity index (χ1n) is 6.42. The first-order valence-corrected chi connectivity index (χ1v) is 7.18. The smallest absolute Gasteiger partial charge is 0.420 e. The lowest BCUT2D eigenvalue weighted by atomic mass is 9.84. The summed E-state index contributed by atoms with van der Waals surface area (Å²) >= 11 is 12.1. The van der Waals surface area contributed by atoms with Crippen molar-refractivity contribution in [3.8, 4) is 11.9 Å². The Bertz CT molecular complexity index is 898. The van der Waals surface area contributed by atoms with Crippen LogP contribution < -0.4 is 10.5 Å². The van der Waals surface area contributed by atoms with Gasteiger partial charge in [-0.05, 0) is 11.6 Å². The molecule has 0 fully saturated rings. The maximum atomic E-state index is 13.3. The number of fused-ring (bicyclic) bond motifs is 1. The van der Waals surface area contributed by atoms with Gasteiger partial charge >= 0.3 is 6.18 Å². The third-order valence-electron chi connectivity index (χ3n) is 3.51. The molecule has 1 aromatic heterocycles. The molecule has 1 aromatic carbocycles. The van der Waals surface area contributed by atoms with Crippen LogP contribution in [0.5, 0.6) is 5.88 Å². The molecule has 0 bridgehead atoms. The monoisotopic (exact) mass is 374 g/mol. The van der Waals surface area contributed by atoms with Crippen molar-refractivity contribution in [1.82, 2.24) is 10.2 Å². The molecule has 1 atom stereocenters. The first-order chi connectivity index (χ1) is 11.3. The van der Waals surface area contributed by atoms with Gasteiger partial charge in [0.2, 0.25) is 11.8 Å². The number of hydrogen-bond acceptors (Lipinski definition) is 4. The van der Waals surface area contributed by atoms with Crippen LogP contribution in [0.25, 0.3) is 0 Å². The van der Waals surface area contributed by atoms with Crippen LogP contribution in [0.2, 0.25) is 10.0 Å². The minimum Gasteiger partial charge on any atom is -0.420 e. The third kappa shape index (κ3) is 2.46. The number of nitriles is 1. The van der Waals surface area contributed by atoms with E-state index in [-0.39, 0.29) is 38.5 Å². The quantitative estimate of drug-likeness (QED) is 0.790. The Balaban J connectivity index is 2.33. The highest BCUT2D eigenvalue weighted by atomic mass is 35.5. The Morgan fingerprint density at radius 3 is 2.67 bits per heavy atom. The average Bonchev–Trinajstić information content (AvgIpc) is 2.92. The van der Waals surface area contributed by atoms with Crippen molar-refractivity contribution in [2.75, 3.05) is 0 Å². The van der Waals surface area contributed by atoms with E-state index in [1.807, 2.05) is 5.10 Å². The standard InChI is InChI=1S/C14H7Cl2F3N4O/c15-7-3-1-2-5(10(7)16)8-6(4-20)12(21)24-13-9(8)11(22-23-13)14(17,18)19/h1-3,8H,21H2,(H,22,23)/t8-/m1/s1. The molecule has 1 aliphatic rings. The number of H-pyrrole nitrogens is 1. The van der Waals surface area contributed by atoms with Crippen molar-refractivity contribution in [1.29, 1.82) is 5.26 Å². The number of hydrogen-bond donors (Lipinski definition) is 2. The number of nitrogens with zero attached hydrogens (tertiary/aromatic N) is 2. The predicted molar refractivity (Wildman–Crippen MR) is 79.3 cm³/mol. The van der Waals surface area contributed by atoms with Crippen LogP contribution in [-0.2, 0) is 6.18 Å². The Hall–Kier alpha value is -2.37. The van der Waals surface area contributed by atoms with Crippen molar-refractivity contribution >= 4 is 23.2 Å². The molecule has 0 spiro atoms. The molecule has 2 aromatic rings. The molecule has 3 N–H and O–H groups in total. The molecular weight excluding hydrogens is 368 g/mol. The van der Waals surface area contributed by atoms with Gasteiger partial charge in [-0.15, -0.1) is 5.10 Å². The molecule has 24 heavy (non-hydrogen) atoms. The zero-order valence-corrected chi connectivity index (χ0v) is 13.1. The predicted octanol–water partition coefficient (Wildman–Crippen LogP) is 3.95. The Kier molecular flexibility index (Phi) is 3.86. The van der Waals surface area contributed by atoms with E-state index in [9.17, 15) is 18.4 Å². The molecule has 3 rings (SSSR count). The third-order valence-corrected chi connectivity index (χ3v) is 4.35. The molecule has 0 saturated carbocycles. The fraction of sp³-hybridized carbons (Fsp3) is 0.143. The summed E-state index contributed by atoms with van der Waals surface area (Å²) in [4.78, 5) is 0. The van der Waals surface area contributed by atoms with Crippen LogP contribution in [0.4, 0.5) is 13.2 Å². The highest BCUT2D eigenvalue weighted by Crippen LogP contribution is 2.48. The second-order valence-electron chi connectivity index (χ2n) is 4.88. The normalized spacial score (nSPS) is 17.2. The molecular formula is C14H7Cl2F3N4O. The van der Waals surface area contributed by atoms with Crippen molar-refractivity contribution in [3.05, 3.63) is 56.5 Å². The Morgan fingerprint density at radius 1 is 1.33 bits per heavy atom. The minimum atomic E-state index is -4.74. The van der Waals surface area contributed by atoms with E-state index in [0.717, 1.165) is 0 Å². The van der Waals surface area contributed by atoms with Gasteiger partial charge in [0.1, 0.15) is 17.3 Å². The highest BCUT2D eigenvalue weighted by Gasteiger charge is 2.44. The number of rotatable bonds is 1. The Morgan fingerprint density at radius 2 is 2.04 bits per heavy atom. The molecule has 124 valence electrons. The van der Waals surface area contributed by atoms with E-state index in [2.05, 4.69) is 5.10 Å². The lowest BCUT2D eigenvalue weighted by Gasteiger charge is -2.25. The molecule has 2 heterocycles. The second-order valence-corrected chi connectivity index (χ2v) is 5.67. The van der Waals surface area contributed by atoms with Crippen molar-refractivity contribution in [2.45, 2.75) is 12.1 Å². The van der Waals surface area contributed by atoms with Gasteiger partial charge in [-0.1, -0.05) is 35.3 Å². The molecule has 0 radical (unpaired) electrons. The number of alkyl halides is 3. The summed E-state index contributed by atoms with van der Waals surface area (Å²) in [6.45, 7) is 0. The number of nitrogens with one attached hydrogen (secondary N) is 1. The second kappa shape index (κ2) is 5.61. The van der Waals surface area contributed by atoms with E-state index >= 15 is 0 Å². The maximum absolute atomic E-state index is 13.3. The van der Waals surface area contributed by atoms with Crippen LogP contribution in [-0.4, -0.2) is 10.2 Å². The van der Waals surface area contributed by atoms with Gasteiger partial charge in [-0.25, -0.2) is 0 Å². The van der Waals surface area contributed by atoms with E-state index in [4.69, 9.17) is 33.7 Å². The summed E-state index contributed by atoms with van der Waals surface area (Å²) in [6.07, 6.45) is -4.74. The fourth-order valence-electron chi connectivity index (χ4n) is 2.52. The number of aromatic nitrogens is 2. The zero-order valence-electron chi connectivity index (χ0n) is 11.6. The highest BCUT2D eigenvalue weighted by molar-refractivity contribution is 6.42. The van der Waals surface area contributed by atoms with Gasteiger partial charge in [0.15, 0.2) is 0 Å². The summed E-state index contributed by atoms with van der Waals surface area (Å²) in [6, 6.07) is 6.23. The number of allylic oxidation sites excluding steroid dienone is 1. The average molecular weight is 375 g/mol. The van der Waals surface area contributed by atoms with Crippen molar-refractivity contribution in [3.63, 3.8) is 0 Å². The van der Waals surface area contributed by atoms with E-state index in [1.54, 1.807) is 6.07 Å². The van der Waals surface area contributed by atoms with Gasteiger partial charge in [0.25, 0.3) is 0 Å². The van der Waals surface area contributed by atoms with Crippen LogP contribution in [0.15, 0.2) is 29.7 Å². The summed E-state index contributed by atoms with van der Waals surface area (Å²) in [5, 5.41) is 14.9. The molecule has 0 amide bonds. The van der Waals surface area contributed by atoms with Crippen molar-refractivity contribution < 1.29 is 17.9 Å². The van der Waals surface area contributed by atoms with E-state index in [1.165, 1.54) is 18.2 Å². The van der Waals surface area contributed by atoms with Crippen LogP contribution in [0, 0.1) is 11.3 Å². The van der Waals surface area contributed by atoms with Gasteiger partial charge in [0.05, 0.1) is 21.5 Å². The lowest BCUT2D eigenvalue weighted by molar-refractivity contribution is -0.141. The number of ether oxygens (including phenoxy) is 1. The first kappa shape index (κ1) is 16.5. The van der Waals surface area contributed by atoms with Crippen LogP contribution in [0.1, 0.15) is 22.7 Å². The molecule has 10 heteroatoms. The topological polar surface area (TPSA) is 87.7 Å². The van der Waals surface area contributed by atoms with E-state index < -0.39 is 17.8 Å². The van der Waals surface area contributed by atoms with Gasteiger partial charge in [-0.3, -0.25) is 5.10 Å². The molecule has 0 unspecified atom stereocenters. The Labute approximate surface area is 143 Å². The summed E-state index contributed by atoms with van der Waals surface area (Å²) in [5.41, 5.74) is 4.14. The van der Waals surface area contributed by atoms with Crippen molar-refractivity contribution in [2.24, 2.45) is 5.73 Å². The van der Waals surface area contributed by atoms with Gasteiger partial charge in [0, 0.05) is 0 Å². The van der Waals surface area contributed by atoms with E-state index in [0.29, 0.717) is 0 Å². The maximum Gasteiger partial charge on any atom is 0.433 e. The number of halogens is 5. The SMILES string of the molecule is N#CC1=C(N)Oc2n[nH]c(C(F)(F)F)c2[C@@H]1c1cccc(Cl)c1Cl. The zero-order chi connectivity index (χ0) is 17.6. The fourth-order valence-corrected chi connectivity index (χ4v) is 2.93. The van der Waals surface area contributed by atoms with Crippen LogP contribution in [0.3, 0.4) is 0 Å². The lowest BCUT2D eigenvalue weighted by Crippen LogP contribution is -2.23. The summed E-state index contributed by atoms with van der Waals surface area (Å²) in [7, 11) is 0. The molecule has 1 aliphatic heterocycles. The molecule has 5 nitrogen and oxygen atoms in total. The summed E-state index contributed by atoms with van der Waals surface area (Å²) < 4.78 is 44.9. The van der Waals surface area contributed by atoms with Gasteiger partial charge < -0.3 is 10.5 Å². The summed E-state index contributed by atoms with van der Waals surface area (Å²) in [5.74, 6) is -1.91. The molecule has 0 aliphatic carbocycles. The number of benzene rings is 1. The number of nitrogens with two attached hydrogens (primary N) is 1. The van der Waals surface area contributed by atoms with Gasteiger partial charge in [-0.2, -0.15) is 18.4 Å². The van der Waals surface area contributed by atoms with Crippen LogP contribution >= 0.6 is 23.2 Å². The largest absolute Gasteiger partial charge is 0.433 e. The molecule has 0 saturated heterocycles. The minimum absolute atomic E-state index is 0.0203.